The number of carboxylic acid groups (broad SMARTS) is 1. The first kappa shape index (κ1) is 16.9. The maximum absolute atomic E-state index is 10.8. The normalized spacial score (nSPS) is 13.5. The van der Waals surface area contributed by atoms with Gasteiger partial charge >= 0.3 is 6.09 Å². The van der Waals surface area contributed by atoms with Crippen molar-refractivity contribution in [3.05, 3.63) is 66.4 Å². The van der Waals surface area contributed by atoms with Crippen LogP contribution in [0.1, 0.15) is 18.0 Å². The van der Waals surface area contributed by atoms with Crippen LogP contribution in [0.15, 0.2) is 60.8 Å². The Morgan fingerprint density at radius 3 is 2.60 bits per heavy atom. The highest BCUT2D eigenvalue weighted by Crippen LogP contribution is 2.30. The number of fused-ring (bicyclic) bond motifs is 1. The maximum atomic E-state index is 10.8. The lowest BCUT2D eigenvalue weighted by Gasteiger charge is -2.26. The fourth-order valence-electron chi connectivity index (χ4n) is 3.10. The van der Waals surface area contributed by atoms with Crippen molar-refractivity contribution in [1.29, 1.82) is 0 Å². The average molecular weight is 340 g/mol. The summed E-state index contributed by atoms with van der Waals surface area (Å²) in [5.74, 6) is 0.188. The molecule has 1 amide bonds. The molecule has 4 N–H and O–H groups in total. The fourth-order valence-corrected chi connectivity index (χ4v) is 3.10. The highest BCUT2D eigenvalue weighted by Gasteiger charge is 2.24. The zero-order valence-corrected chi connectivity index (χ0v) is 13.5. The van der Waals surface area contributed by atoms with Crippen LogP contribution in [0.5, 0.6) is 5.75 Å². The van der Waals surface area contributed by atoms with Crippen LogP contribution in [-0.2, 0) is 0 Å². The quantitative estimate of drug-likeness (QED) is 0.555. The minimum absolute atomic E-state index is 0.166. The van der Waals surface area contributed by atoms with Gasteiger partial charge in [0.05, 0.1) is 12.1 Å². The number of hydrogen-bond acceptors (Lipinski definition) is 3. The Bertz CT molecular complexity index is 860. The molecular formula is C19H20N2O4. The van der Waals surface area contributed by atoms with Crippen LogP contribution in [-0.4, -0.2) is 38.6 Å². The third-order valence-corrected chi connectivity index (χ3v) is 4.23. The van der Waals surface area contributed by atoms with E-state index in [1.165, 1.54) is 0 Å². The second-order valence-corrected chi connectivity index (χ2v) is 5.91. The van der Waals surface area contributed by atoms with Crippen molar-refractivity contribution < 1.29 is 20.1 Å². The van der Waals surface area contributed by atoms with E-state index in [1.54, 1.807) is 12.1 Å². The van der Waals surface area contributed by atoms with Gasteiger partial charge < -0.3 is 25.2 Å². The van der Waals surface area contributed by atoms with E-state index in [0.29, 0.717) is 0 Å². The van der Waals surface area contributed by atoms with E-state index in [1.807, 2.05) is 53.2 Å². The van der Waals surface area contributed by atoms with E-state index in [2.05, 4.69) is 5.32 Å². The molecule has 25 heavy (non-hydrogen) atoms. The second-order valence-electron chi connectivity index (χ2n) is 5.91. The molecule has 3 aromatic rings. The molecule has 6 nitrogen and oxygen atoms in total. The summed E-state index contributed by atoms with van der Waals surface area (Å²) in [7, 11) is 0. The summed E-state index contributed by atoms with van der Waals surface area (Å²) in [6.07, 6.45) is 0.267. The molecule has 1 aromatic heterocycles. The van der Waals surface area contributed by atoms with E-state index in [0.717, 1.165) is 16.5 Å². The summed E-state index contributed by atoms with van der Waals surface area (Å²) in [6, 6.07) is 16.2. The summed E-state index contributed by atoms with van der Waals surface area (Å²) >= 11 is 0. The molecule has 3 rings (SSSR count). The molecule has 130 valence electrons. The number of nitrogens with zero attached hydrogens (tertiary/aromatic N) is 1. The van der Waals surface area contributed by atoms with Crippen LogP contribution in [0, 0.1) is 0 Å². The Morgan fingerprint density at radius 1 is 1.12 bits per heavy atom. The number of phenols is 1. The van der Waals surface area contributed by atoms with E-state index >= 15 is 0 Å². The molecule has 0 saturated heterocycles. The smallest absolute Gasteiger partial charge is 0.404 e. The summed E-state index contributed by atoms with van der Waals surface area (Å²) in [6.45, 7) is 0.166. The number of aromatic nitrogens is 1. The zero-order valence-electron chi connectivity index (χ0n) is 13.5. The number of aliphatic hydroxyl groups is 1. The molecule has 2 atom stereocenters. The standard InChI is InChI=1S/C19H20N2O4/c22-15-6-7-16-14(12-15)9-11-21(16)18(13-4-2-1-3-5-13)17(23)8-10-20-19(24)25/h1-7,9,11-12,17-18,20,22-23H,8,10H2,(H,24,25)/t17-,18+/m1/s1. The van der Waals surface area contributed by atoms with Gasteiger partial charge in [0.25, 0.3) is 0 Å². The molecule has 6 heteroatoms. The molecule has 0 aliphatic heterocycles. The molecule has 0 spiro atoms. The van der Waals surface area contributed by atoms with Crippen molar-refractivity contribution in [1.82, 2.24) is 9.88 Å². The molecule has 0 fully saturated rings. The van der Waals surface area contributed by atoms with E-state index < -0.39 is 12.2 Å². The molecule has 0 bridgehead atoms. The van der Waals surface area contributed by atoms with E-state index in [9.17, 15) is 15.0 Å². The van der Waals surface area contributed by atoms with Crippen LogP contribution < -0.4 is 5.32 Å². The number of amides is 1. The van der Waals surface area contributed by atoms with Crippen molar-refractivity contribution >= 4 is 17.0 Å². The molecule has 0 radical (unpaired) electrons. The molecule has 0 aliphatic rings. The van der Waals surface area contributed by atoms with Gasteiger partial charge in [0.2, 0.25) is 0 Å². The van der Waals surface area contributed by atoms with Crippen LogP contribution >= 0.6 is 0 Å². The van der Waals surface area contributed by atoms with Crippen molar-refractivity contribution in [3.8, 4) is 5.75 Å². The number of rotatable bonds is 6. The fraction of sp³-hybridized carbons (Fsp3) is 0.211. The lowest BCUT2D eigenvalue weighted by molar-refractivity contribution is 0.121. The van der Waals surface area contributed by atoms with Gasteiger partial charge in [-0.1, -0.05) is 30.3 Å². The van der Waals surface area contributed by atoms with Gasteiger partial charge in [-0.15, -0.1) is 0 Å². The lowest BCUT2D eigenvalue weighted by Crippen LogP contribution is -2.30. The number of hydrogen-bond donors (Lipinski definition) is 4. The molecule has 0 unspecified atom stereocenters. The third kappa shape index (κ3) is 3.75. The highest BCUT2D eigenvalue weighted by atomic mass is 16.4. The van der Waals surface area contributed by atoms with Gasteiger partial charge in [-0.05, 0) is 36.2 Å². The van der Waals surface area contributed by atoms with Gasteiger partial charge in [0, 0.05) is 23.6 Å². The number of nitrogens with one attached hydrogen (secondary N) is 1. The second kappa shape index (κ2) is 7.27. The number of aliphatic hydroxyl groups excluding tert-OH is 1. The lowest BCUT2D eigenvalue weighted by atomic mass is 9.98. The summed E-state index contributed by atoms with van der Waals surface area (Å²) in [4.78, 5) is 10.6. The first-order valence-electron chi connectivity index (χ1n) is 8.05. The molecular weight excluding hydrogens is 320 g/mol. The number of aromatic hydroxyl groups is 1. The number of carbonyl (C=O) groups is 1. The molecule has 0 saturated carbocycles. The average Bonchev–Trinajstić information content (AvgIpc) is 2.98. The maximum Gasteiger partial charge on any atom is 0.404 e. The van der Waals surface area contributed by atoms with E-state index in [4.69, 9.17) is 5.11 Å². The van der Waals surface area contributed by atoms with Crippen LogP contribution in [0.2, 0.25) is 0 Å². The predicted octanol–water partition coefficient (Wildman–Crippen LogP) is 2.95. The summed E-state index contributed by atoms with van der Waals surface area (Å²) in [5.41, 5.74) is 1.81. The topological polar surface area (TPSA) is 94.7 Å². The minimum atomic E-state index is -1.11. The van der Waals surface area contributed by atoms with E-state index in [-0.39, 0.29) is 24.8 Å². The highest BCUT2D eigenvalue weighted by molar-refractivity contribution is 5.82. The number of benzene rings is 2. The monoisotopic (exact) mass is 340 g/mol. The van der Waals surface area contributed by atoms with Crippen molar-refractivity contribution in [2.24, 2.45) is 0 Å². The number of phenolic OH excluding ortho intramolecular Hbond substituents is 1. The van der Waals surface area contributed by atoms with Crippen molar-refractivity contribution in [2.45, 2.75) is 18.6 Å². The molecule has 0 aliphatic carbocycles. The summed E-state index contributed by atoms with van der Waals surface area (Å²) in [5, 5.41) is 32.3. The first-order valence-corrected chi connectivity index (χ1v) is 8.05. The van der Waals surface area contributed by atoms with Gasteiger partial charge in [-0.25, -0.2) is 4.79 Å². The predicted molar refractivity (Wildman–Crippen MR) is 94.8 cm³/mol. The SMILES string of the molecule is O=C(O)NCC[C@@H](O)[C@H](c1ccccc1)n1ccc2cc(O)ccc21. The van der Waals surface area contributed by atoms with Crippen LogP contribution in [0.25, 0.3) is 10.9 Å². The Hall–Kier alpha value is -2.99. The van der Waals surface area contributed by atoms with Crippen LogP contribution in [0.4, 0.5) is 4.79 Å². The van der Waals surface area contributed by atoms with Gasteiger partial charge in [0.15, 0.2) is 0 Å². The van der Waals surface area contributed by atoms with Gasteiger partial charge in [-0.2, -0.15) is 0 Å². The van der Waals surface area contributed by atoms with Crippen LogP contribution in [0.3, 0.4) is 0 Å². The Kier molecular flexibility index (Phi) is 4.90. The largest absolute Gasteiger partial charge is 0.508 e. The minimum Gasteiger partial charge on any atom is -0.508 e. The molecule has 1 heterocycles. The summed E-state index contributed by atoms with van der Waals surface area (Å²) < 4.78 is 1.95. The van der Waals surface area contributed by atoms with Gasteiger partial charge in [-0.3, -0.25) is 0 Å². The molecule has 2 aromatic carbocycles. The van der Waals surface area contributed by atoms with Crippen molar-refractivity contribution in [2.75, 3.05) is 6.54 Å². The third-order valence-electron chi connectivity index (χ3n) is 4.23. The Morgan fingerprint density at radius 2 is 1.88 bits per heavy atom. The Balaban J connectivity index is 1.97. The first-order chi connectivity index (χ1) is 12.1. The van der Waals surface area contributed by atoms with Crippen molar-refractivity contribution in [3.63, 3.8) is 0 Å². The Labute approximate surface area is 145 Å². The van der Waals surface area contributed by atoms with Gasteiger partial charge in [0.1, 0.15) is 5.75 Å². The zero-order chi connectivity index (χ0) is 17.8.